The number of nitrogens with zero attached hydrogens (tertiary/aromatic N) is 2. The number of halogens is 1. The normalized spacial score (nSPS) is 15.0. The molecule has 3 N–H and O–H groups in total. The van der Waals surface area contributed by atoms with Crippen molar-refractivity contribution in [1.82, 2.24) is 10.3 Å². The molecular weight excluding hydrogens is 472 g/mol. The molecule has 0 radical (unpaired) electrons. The number of rotatable bonds is 6. The zero-order chi connectivity index (χ0) is 24.5. The van der Waals surface area contributed by atoms with Gasteiger partial charge in [0.05, 0.1) is 25.4 Å². The van der Waals surface area contributed by atoms with Gasteiger partial charge in [-0.05, 0) is 42.4 Å². The second-order valence-electron chi connectivity index (χ2n) is 7.55. The molecule has 178 valence electrons. The average Bonchev–Trinajstić information content (AvgIpc) is 2.98. The molecule has 1 aliphatic heterocycles. The number of benzene rings is 2. The molecule has 9 heteroatoms. The maximum atomic E-state index is 12.7. The van der Waals surface area contributed by atoms with Gasteiger partial charge in [-0.15, -0.1) is 11.8 Å². The Morgan fingerprint density at radius 3 is 2.56 bits per heavy atom. The van der Waals surface area contributed by atoms with Gasteiger partial charge in [0.25, 0.3) is 0 Å². The number of nitrogens with one attached hydrogen (secondary N) is 1. The average molecular weight is 499 g/mol. The van der Waals surface area contributed by atoms with Crippen molar-refractivity contribution in [1.29, 1.82) is 0 Å². The molecule has 0 bridgehead atoms. The number of aldehydes is 1. The first-order valence-corrected chi connectivity index (χ1v) is 12.0. The molecule has 1 atom stereocenters. The number of nitrogens with two attached hydrogens (primary N) is 1. The van der Waals surface area contributed by atoms with Crippen LogP contribution >= 0.6 is 23.4 Å². The fourth-order valence-corrected chi connectivity index (χ4v) is 4.40. The van der Waals surface area contributed by atoms with Crippen LogP contribution < -0.4 is 20.7 Å². The Labute approximate surface area is 208 Å². The summed E-state index contributed by atoms with van der Waals surface area (Å²) in [6, 6.07) is 16.0. The highest BCUT2D eigenvalue weighted by Gasteiger charge is 2.28. The molecule has 3 aromatic rings. The zero-order valence-corrected chi connectivity index (χ0v) is 20.6. The predicted molar refractivity (Wildman–Crippen MR) is 137 cm³/mol. The number of ether oxygens (including phenoxy) is 1. The van der Waals surface area contributed by atoms with Crippen LogP contribution in [0.5, 0.6) is 5.88 Å². The Bertz CT molecular complexity index is 1110. The third-order valence-corrected chi connectivity index (χ3v) is 6.49. The first-order chi connectivity index (χ1) is 16.4. The number of hydrogen-bond acceptors (Lipinski definition) is 7. The summed E-state index contributed by atoms with van der Waals surface area (Å²) >= 11 is 7.44. The van der Waals surface area contributed by atoms with E-state index in [1.54, 1.807) is 42.5 Å². The van der Waals surface area contributed by atoms with Crippen LogP contribution in [-0.2, 0) is 17.9 Å². The Hall–Kier alpha value is -2.91. The van der Waals surface area contributed by atoms with Crippen LogP contribution in [0.25, 0.3) is 0 Å². The van der Waals surface area contributed by atoms with Crippen molar-refractivity contribution >= 4 is 41.2 Å². The smallest absolute Gasteiger partial charge is 0.245 e. The van der Waals surface area contributed by atoms with Gasteiger partial charge in [-0.2, -0.15) is 0 Å². The van der Waals surface area contributed by atoms with Crippen LogP contribution in [0.3, 0.4) is 0 Å². The van der Waals surface area contributed by atoms with Gasteiger partial charge in [0, 0.05) is 40.0 Å². The molecule has 0 unspecified atom stereocenters. The quantitative estimate of drug-likeness (QED) is 0.497. The second-order valence-corrected chi connectivity index (χ2v) is 9.05. The van der Waals surface area contributed by atoms with E-state index in [1.165, 1.54) is 11.8 Å². The van der Waals surface area contributed by atoms with Gasteiger partial charge in [-0.25, -0.2) is 4.98 Å². The van der Waals surface area contributed by atoms with E-state index < -0.39 is 6.04 Å². The lowest BCUT2D eigenvalue weighted by Crippen LogP contribution is -2.44. The number of anilines is 1. The monoisotopic (exact) mass is 498 g/mol. The van der Waals surface area contributed by atoms with Crippen LogP contribution in [0, 0.1) is 0 Å². The lowest BCUT2D eigenvalue weighted by atomic mass is 10.1. The van der Waals surface area contributed by atoms with E-state index >= 15 is 0 Å². The molecule has 7 nitrogen and oxygen atoms in total. The van der Waals surface area contributed by atoms with Gasteiger partial charge in [0.2, 0.25) is 11.8 Å². The van der Waals surface area contributed by atoms with Crippen molar-refractivity contribution in [2.45, 2.75) is 24.0 Å². The zero-order valence-electron chi connectivity index (χ0n) is 19.0. The minimum Gasteiger partial charge on any atom is -0.481 e. The van der Waals surface area contributed by atoms with E-state index in [-0.39, 0.29) is 5.91 Å². The molecule has 1 aliphatic rings. The Morgan fingerprint density at radius 2 is 1.94 bits per heavy atom. The first kappa shape index (κ1) is 25.7. The summed E-state index contributed by atoms with van der Waals surface area (Å²) in [6.07, 6.45) is 2.58. The van der Waals surface area contributed by atoms with Crippen molar-refractivity contribution in [2.75, 3.05) is 24.8 Å². The van der Waals surface area contributed by atoms with Gasteiger partial charge in [-0.1, -0.05) is 35.9 Å². The van der Waals surface area contributed by atoms with Crippen LogP contribution in [0.4, 0.5) is 5.69 Å². The predicted octanol–water partition coefficient (Wildman–Crippen LogP) is 3.93. The Kier molecular flexibility index (Phi) is 9.47. The molecule has 2 heterocycles. The van der Waals surface area contributed by atoms with Crippen molar-refractivity contribution in [2.24, 2.45) is 5.73 Å². The number of hydrogen-bond donors (Lipinski definition) is 2. The van der Waals surface area contributed by atoms with Crippen molar-refractivity contribution in [3.05, 3.63) is 82.5 Å². The number of amides is 1. The maximum Gasteiger partial charge on any atom is 0.245 e. The largest absolute Gasteiger partial charge is 0.481 e. The third-order valence-electron chi connectivity index (χ3n) is 5.05. The lowest BCUT2D eigenvalue weighted by Gasteiger charge is -2.24. The summed E-state index contributed by atoms with van der Waals surface area (Å²) in [5, 5.41) is 3.69. The summed E-state index contributed by atoms with van der Waals surface area (Å²) in [7, 11) is 3.52. The number of carbonyl (C=O) groups excluding carboxylic acids is 2. The van der Waals surface area contributed by atoms with Crippen LogP contribution in [-0.4, -0.2) is 43.1 Å². The minimum atomic E-state index is -0.570. The summed E-state index contributed by atoms with van der Waals surface area (Å²) < 4.78 is 4.92. The summed E-state index contributed by atoms with van der Waals surface area (Å²) in [4.78, 5) is 30.4. The van der Waals surface area contributed by atoms with E-state index in [0.29, 0.717) is 28.8 Å². The highest BCUT2D eigenvalue weighted by Crippen LogP contribution is 2.35. The fraction of sp³-hybridized carbons (Fsp3) is 0.240. The van der Waals surface area contributed by atoms with Crippen LogP contribution in [0.15, 0.2) is 65.7 Å². The van der Waals surface area contributed by atoms with Crippen LogP contribution in [0.1, 0.15) is 21.5 Å². The van der Waals surface area contributed by atoms with Gasteiger partial charge in [0.1, 0.15) is 6.29 Å². The topological polar surface area (TPSA) is 97.6 Å². The lowest BCUT2D eigenvalue weighted by molar-refractivity contribution is -0.119. The molecule has 0 saturated heterocycles. The van der Waals surface area contributed by atoms with Crippen molar-refractivity contribution < 1.29 is 14.3 Å². The van der Waals surface area contributed by atoms with Gasteiger partial charge >= 0.3 is 0 Å². The Morgan fingerprint density at radius 1 is 1.21 bits per heavy atom. The molecule has 0 spiro atoms. The molecule has 0 fully saturated rings. The van der Waals surface area contributed by atoms with Crippen molar-refractivity contribution in [3.63, 3.8) is 0 Å². The van der Waals surface area contributed by atoms with Gasteiger partial charge < -0.3 is 20.7 Å². The van der Waals surface area contributed by atoms with E-state index in [0.717, 1.165) is 34.5 Å². The number of carbonyl (C=O) groups is 2. The molecule has 0 aliphatic carbocycles. The minimum absolute atomic E-state index is 0.144. The summed E-state index contributed by atoms with van der Waals surface area (Å²) in [5.74, 6) is 1.03. The SMILES string of the molecule is CNCc1ccc(OC)nc1.N[C@H]1CSc2ccc(C=O)cc2N(Cc2ccc(Cl)cc2)C1=O. The second kappa shape index (κ2) is 12.5. The third kappa shape index (κ3) is 6.80. The van der Waals surface area contributed by atoms with E-state index in [2.05, 4.69) is 10.3 Å². The molecule has 0 saturated carbocycles. The molecule has 1 aromatic heterocycles. The Balaban J connectivity index is 0.000000248. The van der Waals surface area contributed by atoms with Gasteiger partial charge in [0.15, 0.2) is 0 Å². The van der Waals surface area contributed by atoms with E-state index in [9.17, 15) is 9.59 Å². The fourth-order valence-electron chi connectivity index (χ4n) is 3.29. The van der Waals surface area contributed by atoms with Gasteiger partial charge in [-0.3, -0.25) is 9.59 Å². The molecule has 4 rings (SSSR count). The first-order valence-electron chi connectivity index (χ1n) is 10.6. The highest BCUT2D eigenvalue weighted by atomic mass is 35.5. The van der Waals surface area contributed by atoms with E-state index in [4.69, 9.17) is 22.1 Å². The van der Waals surface area contributed by atoms with Crippen LogP contribution in [0.2, 0.25) is 5.02 Å². The van der Waals surface area contributed by atoms with E-state index in [1.807, 2.05) is 37.4 Å². The molecule has 2 aromatic carbocycles. The summed E-state index contributed by atoms with van der Waals surface area (Å²) in [6.45, 7) is 1.23. The number of aromatic nitrogens is 1. The summed E-state index contributed by atoms with van der Waals surface area (Å²) in [5.41, 5.74) is 9.37. The standard InChI is InChI=1S/C17H15ClN2O2S.C8H12N2O/c18-13-4-1-11(2-5-13)8-20-15-7-12(9-21)3-6-16(15)23-10-14(19)17(20)22;1-9-5-7-3-4-8(11-2)10-6-7/h1-7,9,14H,8,10,19H2;3-4,6,9H,5H2,1-2H3/t14-;/m0./s1. The highest BCUT2D eigenvalue weighted by molar-refractivity contribution is 7.99. The number of fused-ring (bicyclic) bond motifs is 1. The maximum absolute atomic E-state index is 12.7. The number of thioether (sulfide) groups is 1. The van der Waals surface area contributed by atoms with Crippen molar-refractivity contribution in [3.8, 4) is 5.88 Å². The molecule has 34 heavy (non-hydrogen) atoms. The number of pyridine rings is 1. The number of methoxy groups -OCH3 is 1. The molecular formula is C25H27ClN4O3S. The molecule has 1 amide bonds.